The van der Waals surface area contributed by atoms with Crippen LogP contribution in [0, 0.1) is 11.3 Å². The zero-order valence-corrected chi connectivity index (χ0v) is 9.75. The van der Waals surface area contributed by atoms with Gasteiger partial charge in [0.2, 0.25) is 0 Å². The van der Waals surface area contributed by atoms with Gasteiger partial charge in [0.15, 0.2) is 0 Å². The average molecular weight is 232 g/mol. The molecule has 0 radical (unpaired) electrons. The number of benzene rings is 1. The molecular formula is C12H12N2OS. The Morgan fingerprint density at radius 3 is 2.56 bits per heavy atom. The van der Waals surface area contributed by atoms with E-state index in [2.05, 4.69) is 0 Å². The molecule has 0 saturated carbocycles. The Hall–Kier alpha value is -1.86. The zero-order chi connectivity index (χ0) is 12.0. The van der Waals surface area contributed by atoms with Gasteiger partial charge in [0.1, 0.15) is 16.8 Å². The van der Waals surface area contributed by atoms with Crippen LogP contribution in [0.2, 0.25) is 0 Å². The molecular weight excluding hydrogens is 220 g/mol. The number of thiocarbonyl (C=S) groups is 1. The highest BCUT2D eigenvalue weighted by Crippen LogP contribution is 2.14. The molecule has 4 heteroatoms. The molecule has 2 N–H and O–H groups in total. The molecule has 0 unspecified atom stereocenters. The highest BCUT2D eigenvalue weighted by Gasteiger charge is 1.99. The smallest absolute Gasteiger partial charge is 0.119 e. The number of hydrogen-bond acceptors (Lipinski definition) is 3. The number of nitrogens with zero attached hydrogens (tertiary/aromatic N) is 1. The molecule has 0 amide bonds. The standard InChI is InChI=1S/C12H12N2OS/c1-2-15-11-5-3-9(4-6-11)7-10(8-13)12(14)16/h3-7H,2H2,1H3,(H2,14,16)/b10-7-. The topological polar surface area (TPSA) is 59.0 Å². The van der Waals surface area contributed by atoms with Gasteiger partial charge in [-0.15, -0.1) is 0 Å². The molecule has 0 atom stereocenters. The maximum absolute atomic E-state index is 8.79. The number of hydrogen-bond donors (Lipinski definition) is 1. The van der Waals surface area contributed by atoms with E-state index in [9.17, 15) is 0 Å². The third kappa shape index (κ3) is 3.37. The Kier molecular flexibility index (Phi) is 4.49. The SMILES string of the molecule is CCOc1ccc(/C=C(/C#N)C(N)=S)cc1. The van der Waals surface area contributed by atoms with E-state index in [4.69, 9.17) is 28.0 Å². The molecule has 3 nitrogen and oxygen atoms in total. The molecule has 0 fully saturated rings. The van der Waals surface area contributed by atoms with Crippen LogP contribution in [0.4, 0.5) is 0 Å². The predicted octanol–water partition coefficient (Wildman–Crippen LogP) is 2.28. The van der Waals surface area contributed by atoms with E-state index < -0.39 is 0 Å². The molecule has 1 aromatic carbocycles. The Labute approximate surface area is 100 Å². The largest absolute Gasteiger partial charge is 0.494 e. The molecule has 0 bridgehead atoms. The molecule has 0 spiro atoms. The maximum Gasteiger partial charge on any atom is 0.119 e. The van der Waals surface area contributed by atoms with Crippen LogP contribution < -0.4 is 10.5 Å². The lowest BCUT2D eigenvalue weighted by atomic mass is 10.1. The third-order valence-electron chi connectivity index (χ3n) is 1.89. The quantitative estimate of drug-likeness (QED) is 0.491. The Bertz CT molecular complexity index is 443. The van der Waals surface area contributed by atoms with E-state index in [-0.39, 0.29) is 4.99 Å². The zero-order valence-electron chi connectivity index (χ0n) is 8.93. The van der Waals surface area contributed by atoms with E-state index in [1.165, 1.54) is 0 Å². The molecule has 0 aliphatic heterocycles. The van der Waals surface area contributed by atoms with Crippen molar-refractivity contribution in [3.8, 4) is 11.8 Å². The lowest BCUT2D eigenvalue weighted by Crippen LogP contribution is -2.09. The van der Waals surface area contributed by atoms with Crippen molar-refractivity contribution in [3.05, 3.63) is 35.4 Å². The first-order chi connectivity index (χ1) is 7.67. The highest BCUT2D eigenvalue weighted by molar-refractivity contribution is 7.80. The van der Waals surface area contributed by atoms with E-state index in [1.54, 1.807) is 6.08 Å². The summed E-state index contributed by atoms with van der Waals surface area (Å²) in [5.41, 5.74) is 6.56. The van der Waals surface area contributed by atoms with Crippen molar-refractivity contribution in [1.82, 2.24) is 0 Å². The number of nitrogens with two attached hydrogens (primary N) is 1. The van der Waals surface area contributed by atoms with Gasteiger partial charge in [-0.05, 0) is 30.7 Å². The summed E-state index contributed by atoms with van der Waals surface area (Å²) in [7, 11) is 0. The molecule has 0 aromatic heterocycles. The van der Waals surface area contributed by atoms with Crippen LogP contribution in [0.25, 0.3) is 6.08 Å². The van der Waals surface area contributed by atoms with Crippen LogP contribution >= 0.6 is 12.2 Å². The van der Waals surface area contributed by atoms with Crippen molar-refractivity contribution in [2.75, 3.05) is 6.61 Å². The van der Waals surface area contributed by atoms with Gasteiger partial charge >= 0.3 is 0 Å². The summed E-state index contributed by atoms with van der Waals surface area (Å²) in [6.45, 7) is 2.56. The molecule has 1 rings (SSSR count). The van der Waals surface area contributed by atoms with Crippen LogP contribution in [-0.4, -0.2) is 11.6 Å². The van der Waals surface area contributed by atoms with Crippen molar-refractivity contribution < 1.29 is 4.74 Å². The molecule has 1 aromatic rings. The van der Waals surface area contributed by atoms with Crippen LogP contribution in [0.15, 0.2) is 29.8 Å². The fraction of sp³-hybridized carbons (Fsp3) is 0.167. The van der Waals surface area contributed by atoms with E-state index in [0.29, 0.717) is 12.2 Å². The summed E-state index contributed by atoms with van der Waals surface area (Å²) in [5, 5.41) is 8.79. The number of nitriles is 1. The summed E-state index contributed by atoms with van der Waals surface area (Å²) in [4.78, 5) is 0.108. The van der Waals surface area contributed by atoms with E-state index in [0.717, 1.165) is 11.3 Å². The van der Waals surface area contributed by atoms with Crippen molar-refractivity contribution >= 4 is 23.3 Å². The first-order valence-electron chi connectivity index (χ1n) is 4.82. The molecule has 0 aliphatic rings. The summed E-state index contributed by atoms with van der Waals surface area (Å²) in [5.74, 6) is 0.800. The van der Waals surface area contributed by atoms with Crippen molar-refractivity contribution in [2.45, 2.75) is 6.92 Å². The first-order valence-corrected chi connectivity index (χ1v) is 5.22. The van der Waals surface area contributed by atoms with Gasteiger partial charge in [-0.25, -0.2) is 0 Å². The van der Waals surface area contributed by atoms with E-state index in [1.807, 2.05) is 37.3 Å². The fourth-order valence-corrected chi connectivity index (χ4v) is 1.26. The Morgan fingerprint density at radius 1 is 1.50 bits per heavy atom. The molecule has 16 heavy (non-hydrogen) atoms. The lowest BCUT2D eigenvalue weighted by Gasteiger charge is -2.02. The molecule has 0 heterocycles. The Balaban J connectivity index is 2.90. The normalized spacial score (nSPS) is 10.6. The summed E-state index contributed by atoms with van der Waals surface area (Å²) < 4.78 is 5.30. The van der Waals surface area contributed by atoms with Gasteiger partial charge in [0, 0.05) is 0 Å². The fourth-order valence-electron chi connectivity index (χ4n) is 1.15. The second kappa shape index (κ2) is 5.89. The van der Waals surface area contributed by atoms with Gasteiger partial charge in [0.05, 0.1) is 12.2 Å². The summed E-state index contributed by atoms with van der Waals surface area (Å²) >= 11 is 4.74. The Morgan fingerprint density at radius 2 is 2.12 bits per heavy atom. The molecule has 0 saturated heterocycles. The van der Waals surface area contributed by atoms with Crippen LogP contribution in [0.5, 0.6) is 5.75 Å². The van der Waals surface area contributed by atoms with Crippen LogP contribution in [0.1, 0.15) is 12.5 Å². The van der Waals surface area contributed by atoms with Crippen molar-refractivity contribution in [3.63, 3.8) is 0 Å². The summed E-state index contributed by atoms with van der Waals surface area (Å²) in [6, 6.07) is 9.32. The van der Waals surface area contributed by atoms with Crippen LogP contribution in [-0.2, 0) is 0 Å². The predicted molar refractivity (Wildman–Crippen MR) is 68.0 cm³/mol. The second-order valence-corrected chi connectivity index (χ2v) is 3.48. The van der Waals surface area contributed by atoms with Gasteiger partial charge < -0.3 is 10.5 Å². The summed E-state index contributed by atoms with van der Waals surface area (Å²) in [6.07, 6.45) is 1.65. The van der Waals surface area contributed by atoms with Gasteiger partial charge in [-0.2, -0.15) is 5.26 Å². The maximum atomic E-state index is 8.79. The molecule has 82 valence electrons. The average Bonchev–Trinajstić information content (AvgIpc) is 2.28. The van der Waals surface area contributed by atoms with E-state index >= 15 is 0 Å². The van der Waals surface area contributed by atoms with Gasteiger partial charge in [0.25, 0.3) is 0 Å². The number of ether oxygens (including phenoxy) is 1. The lowest BCUT2D eigenvalue weighted by molar-refractivity contribution is 0.340. The first kappa shape index (κ1) is 12.2. The van der Waals surface area contributed by atoms with Crippen molar-refractivity contribution in [2.24, 2.45) is 5.73 Å². The minimum atomic E-state index is 0.108. The highest BCUT2D eigenvalue weighted by atomic mass is 32.1. The molecule has 0 aliphatic carbocycles. The second-order valence-electron chi connectivity index (χ2n) is 3.04. The monoisotopic (exact) mass is 232 g/mol. The number of rotatable bonds is 4. The van der Waals surface area contributed by atoms with Crippen LogP contribution in [0.3, 0.4) is 0 Å². The van der Waals surface area contributed by atoms with Gasteiger partial charge in [-0.1, -0.05) is 24.4 Å². The van der Waals surface area contributed by atoms with Gasteiger partial charge in [-0.3, -0.25) is 0 Å². The minimum Gasteiger partial charge on any atom is -0.494 e. The third-order valence-corrected chi connectivity index (χ3v) is 2.11. The minimum absolute atomic E-state index is 0.108. The van der Waals surface area contributed by atoms with Crippen molar-refractivity contribution in [1.29, 1.82) is 5.26 Å².